The molecule has 0 saturated heterocycles. The van der Waals surface area contributed by atoms with Gasteiger partial charge in [-0.2, -0.15) is 0 Å². The minimum atomic E-state index is 0.519. The molecule has 0 saturated carbocycles. The Morgan fingerprint density at radius 1 is 1.29 bits per heavy atom. The predicted octanol–water partition coefficient (Wildman–Crippen LogP) is 3.64. The number of aromatic nitrogens is 1. The molecule has 0 bridgehead atoms. The van der Waals surface area contributed by atoms with E-state index in [2.05, 4.69) is 51.0 Å². The lowest BCUT2D eigenvalue weighted by atomic mass is 10.2. The molecule has 3 heteroatoms. The number of hydrogen-bond donors (Lipinski definition) is 1. The summed E-state index contributed by atoms with van der Waals surface area (Å²) < 4.78 is 0. The zero-order valence-electron chi connectivity index (χ0n) is 11.6. The molecule has 1 rings (SSSR count). The second-order valence-corrected chi connectivity index (χ2v) is 6.21. The first kappa shape index (κ1) is 14.5. The molecule has 17 heavy (non-hydrogen) atoms. The van der Waals surface area contributed by atoms with Crippen molar-refractivity contribution in [2.45, 2.75) is 52.2 Å². The van der Waals surface area contributed by atoms with E-state index in [4.69, 9.17) is 0 Å². The van der Waals surface area contributed by atoms with E-state index in [1.165, 1.54) is 16.2 Å². The van der Waals surface area contributed by atoms with E-state index < -0.39 is 0 Å². The molecule has 1 N–H and O–H groups in total. The molecule has 0 atom stereocenters. The number of rotatable bonds is 6. The summed E-state index contributed by atoms with van der Waals surface area (Å²) in [7, 11) is 0. The Labute approximate surface area is 110 Å². The number of thioether (sulfide) groups is 1. The highest BCUT2D eigenvalue weighted by atomic mass is 32.2. The average molecular weight is 252 g/mol. The third-order valence-electron chi connectivity index (χ3n) is 2.35. The van der Waals surface area contributed by atoms with Gasteiger partial charge in [-0.05, 0) is 24.0 Å². The zero-order chi connectivity index (χ0) is 12.8. The van der Waals surface area contributed by atoms with Crippen LogP contribution in [0.3, 0.4) is 0 Å². The molecule has 0 unspecified atom stereocenters. The first-order valence-corrected chi connectivity index (χ1v) is 7.29. The van der Waals surface area contributed by atoms with Crippen LogP contribution in [0.4, 0.5) is 0 Å². The summed E-state index contributed by atoms with van der Waals surface area (Å²) in [5, 5.41) is 4.59. The van der Waals surface area contributed by atoms with Crippen LogP contribution in [0.1, 0.15) is 38.8 Å². The van der Waals surface area contributed by atoms with Crippen molar-refractivity contribution in [2.75, 3.05) is 5.75 Å². The number of aryl methyl sites for hydroxylation is 1. The summed E-state index contributed by atoms with van der Waals surface area (Å²) in [4.78, 5) is 4.55. The Balaban J connectivity index is 2.59. The molecule has 1 aromatic rings. The lowest BCUT2D eigenvalue weighted by Crippen LogP contribution is -2.21. The first-order valence-electron chi connectivity index (χ1n) is 6.30. The molecule has 96 valence electrons. The maximum atomic E-state index is 4.55. The average Bonchev–Trinajstić information content (AvgIpc) is 2.24. The lowest BCUT2D eigenvalue weighted by Gasteiger charge is -2.11. The molecule has 0 spiro atoms. The van der Waals surface area contributed by atoms with E-state index in [1.807, 2.05) is 18.0 Å². The van der Waals surface area contributed by atoms with Crippen LogP contribution in [0.5, 0.6) is 0 Å². The topological polar surface area (TPSA) is 24.9 Å². The molecule has 0 radical (unpaired) electrons. The molecule has 0 amide bonds. The minimum absolute atomic E-state index is 0.519. The van der Waals surface area contributed by atoms with Crippen LogP contribution in [0, 0.1) is 12.8 Å². The summed E-state index contributed by atoms with van der Waals surface area (Å²) in [6, 6.07) is 2.76. The van der Waals surface area contributed by atoms with Crippen molar-refractivity contribution in [3.63, 3.8) is 0 Å². The van der Waals surface area contributed by atoms with Crippen molar-refractivity contribution in [1.29, 1.82) is 0 Å². The lowest BCUT2D eigenvalue weighted by molar-refractivity contribution is 0.587. The quantitative estimate of drug-likeness (QED) is 0.783. The van der Waals surface area contributed by atoms with Gasteiger partial charge in [0.25, 0.3) is 0 Å². The summed E-state index contributed by atoms with van der Waals surface area (Å²) in [6.07, 6.45) is 1.99. The molecule has 0 fully saturated rings. The van der Waals surface area contributed by atoms with Crippen molar-refractivity contribution in [1.82, 2.24) is 10.3 Å². The van der Waals surface area contributed by atoms with Gasteiger partial charge in [0.2, 0.25) is 0 Å². The zero-order valence-corrected chi connectivity index (χ0v) is 12.4. The smallest absolute Gasteiger partial charge is 0.0989 e. The third-order valence-corrected chi connectivity index (χ3v) is 3.89. The van der Waals surface area contributed by atoms with Crippen molar-refractivity contribution < 1.29 is 0 Å². The van der Waals surface area contributed by atoms with Gasteiger partial charge in [-0.25, -0.2) is 4.98 Å². The van der Waals surface area contributed by atoms with Gasteiger partial charge < -0.3 is 5.32 Å². The van der Waals surface area contributed by atoms with E-state index in [9.17, 15) is 0 Å². The summed E-state index contributed by atoms with van der Waals surface area (Å²) >= 11 is 1.86. The summed E-state index contributed by atoms with van der Waals surface area (Å²) in [6.45, 7) is 11.8. The van der Waals surface area contributed by atoms with Gasteiger partial charge in [-0.15, -0.1) is 11.8 Å². The molecular weight excluding hydrogens is 228 g/mol. The van der Waals surface area contributed by atoms with Crippen LogP contribution in [0.15, 0.2) is 17.3 Å². The van der Waals surface area contributed by atoms with E-state index in [0.29, 0.717) is 12.0 Å². The van der Waals surface area contributed by atoms with Crippen LogP contribution >= 0.6 is 11.8 Å². The van der Waals surface area contributed by atoms with Crippen LogP contribution in [0.2, 0.25) is 0 Å². The van der Waals surface area contributed by atoms with Gasteiger partial charge in [0.15, 0.2) is 0 Å². The van der Waals surface area contributed by atoms with Crippen LogP contribution in [0.25, 0.3) is 0 Å². The monoisotopic (exact) mass is 252 g/mol. The fourth-order valence-corrected chi connectivity index (χ4v) is 2.34. The third kappa shape index (κ3) is 5.55. The molecule has 1 aromatic heterocycles. The van der Waals surface area contributed by atoms with E-state index in [1.54, 1.807) is 0 Å². The molecule has 0 aromatic carbocycles. The van der Waals surface area contributed by atoms with Gasteiger partial charge in [0.1, 0.15) is 0 Å². The van der Waals surface area contributed by atoms with E-state index >= 15 is 0 Å². The highest BCUT2D eigenvalue weighted by molar-refractivity contribution is 7.99. The number of nitrogens with one attached hydrogen (secondary N) is 1. The maximum Gasteiger partial charge on any atom is 0.0989 e. The standard InChI is InChI=1S/C14H24N2S/c1-10(2)9-17-14-12(5)6-13(8-16-14)7-15-11(3)4/h6,8,10-11,15H,7,9H2,1-5H3. The molecular formula is C14H24N2S. The van der Waals surface area contributed by atoms with Gasteiger partial charge in [-0.1, -0.05) is 33.8 Å². The predicted molar refractivity (Wildman–Crippen MR) is 76.5 cm³/mol. The summed E-state index contributed by atoms with van der Waals surface area (Å²) in [5.41, 5.74) is 2.56. The Hall–Kier alpha value is -0.540. The Bertz CT molecular complexity index is 348. The Morgan fingerprint density at radius 3 is 2.53 bits per heavy atom. The van der Waals surface area contributed by atoms with Gasteiger partial charge in [-0.3, -0.25) is 0 Å². The largest absolute Gasteiger partial charge is 0.310 e. The van der Waals surface area contributed by atoms with Gasteiger partial charge >= 0.3 is 0 Å². The second kappa shape index (κ2) is 7.02. The van der Waals surface area contributed by atoms with Crippen molar-refractivity contribution in [3.8, 4) is 0 Å². The molecule has 0 aliphatic carbocycles. The van der Waals surface area contributed by atoms with E-state index in [0.717, 1.165) is 12.3 Å². The van der Waals surface area contributed by atoms with E-state index in [-0.39, 0.29) is 0 Å². The van der Waals surface area contributed by atoms with Gasteiger partial charge in [0.05, 0.1) is 5.03 Å². The summed E-state index contributed by atoms with van der Waals surface area (Å²) in [5.74, 6) is 1.85. The second-order valence-electron chi connectivity index (χ2n) is 5.21. The molecule has 0 aliphatic rings. The van der Waals surface area contributed by atoms with Crippen LogP contribution in [-0.4, -0.2) is 16.8 Å². The van der Waals surface area contributed by atoms with Crippen LogP contribution in [-0.2, 0) is 6.54 Å². The van der Waals surface area contributed by atoms with Gasteiger partial charge in [0, 0.05) is 24.5 Å². The minimum Gasteiger partial charge on any atom is -0.310 e. The fraction of sp³-hybridized carbons (Fsp3) is 0.643. The Morgan fingerprint density at radius 2 is 2.00 bits per heavy atom. The highest BCUT2D eigenvalue weighted by Crippen LogP contribution is 2.22. The first-order chi connectivity index (χ1) is 7.99. The van der Waals surface area contributed by atoms with Crippen LogP contribution < -0.4 is 5.32 Å². The highest BCUT2D eigenvalue weighted by Gasteiger charge is 2.04. The molecule has 2 nitrogen and oxygen atoms in total. The van der Waals surface area contributed by atoms with Crippen molar-refractivity contribution in [2.24, 2.45) is 5.92 Å². The Kier molecular flexibility index (Phi) is 6.00. The number of pyridine rings is 1. The van der Waals surface area contributed by atoms with Crippen molar-refractivity contribution in [3.05, 3.63) is 23.4 Å². The molecule has 0 aliphatic heterocycles. The number of nitrogens with zero attached hydrogens (tertiary/aromatic N) is 1. The SMILES string of the molecule is Cc1cc(CNC(C)C)cnc1SCC(C)C. The molecule has 1 heterocycles. The maximum absolute atomic E-state index is 4.55. The fourth-order valence-electron chi connectivity index (χ4n) is 1.44. The normalized spacial score (nSPS) is 11.5. The van der Waals surface area contributed by atoms with Crippen molar-refractivity contribution >= 4 is 11.8 Å². The number of hydrogen-bond acceptors (Lipinski definition) is 3.